The molecule has 1 fully saturated rings. The van der Waals surface area contributed by atoms with Gasteiger partial charge in [-0.15, -0.1) is 0 Å². The lowest BCUT2D eigenvalue weighted by Crippen LogP contribution is -2.45. The minimum atomic E-state index is 0.170. The van der Waals surface area contributed by atoms with E-state index in [1.165, 1.54) is 16.7 Å². The minimum Gasteiger partial charge on any atom is -0.342 e. The van der Waals surface area contributed by atoms with E-state index in [1.54, 1.807) is 0 Å². The summed E-state index contributed by atoms with van der Waals surface area (Å²) < 4.78 is 0. The molecule has 2 aromatic carbocycles. The zero-order valence-corrected chi connectivity index (χ0v) is 17.6. The van der Waals surface area contributed by atoms with Crippen molar-refractivity contribution in [1.29, 1.82) is 0 Å². The second-order valence-electron chi connectivity index (χ2n) is 8.24. The van der Waals surface area contributed by atoms with Gasteiger partial charge in [0.05, 0.1) is 0 Å². The number of rotatable bonds is 7. The Morgan fingerprint density at radius 3 is 2.29 bits per heavy atom. The molecule has 0 aromatic heterocycles. The number of likely N-dealkylation sites (tertiary alicyclic amines) is 1. The van der Waals surface area contributed by atoms with Crippen molar-refractivity contribution in [2.45, 2.75) is 52.1 Å². The minimum absolute atomic E-state index is 0.170. The van der Waals surface area contributed by atoms with Crippen LogP contribution in [0.5, 0.6) is 0 Å². The first-order valence-corrected chi connectivity index (χ1v) is 10.6. The summed E-state index contributed by atoms with van der Waals surface area (Å²) in [6, 6.07) is 19.6. The maximum absolute atomic E-state index is 13.1. The number of benzene rings is 2. The fraction of sp³-hybridized carbons (Fsp3) is 0.480. The zero-order valence-electron chi connectivity index (χ0n) is 17.6. The van der Waals surface area contributed by atoms with Crippen LogP contribution in [0.4, 0.5) is 0 Å². The first-order chi connectivity index (χ1) is 13.6. The van der Waals surface area contributed by atoms with E-state index in [2.05, 4.69) is 73.3 Å². The summed E-state index contributed by atoms with van der Waals surface area (Å²) in [5.41, 5.74) is 3.95. The van der Waals surface area contributed by atoms with E-state index in [1.807, 2.05) is 11.9 Å². The van der Waals surface area contributed by atoms with Crippen LogP contribution in [0.15, 0.2) is 54.6 Å². The van der Waals surface area contributed by atoms with E-state index in [0.717, 1.165) is 45.3 Å². The molecular weight excluding hydrogens is 344 g/mol. The molecule has 1 atom stereocenters. The average molecular weight is 379 g/mol. The smallest absolute Gasteiger partial charge is 0.225 e. The molecule has 28 heavy (non-hydrogen) atoms. The third-order valence-electron chi connectivity index (χ3n) is 6.14. The second kappa shape index (κ2) is 9.88. The Morgan fingerprint density at radius 2 is 1.68 bits per heavy atom. The van der Waals surface area contributed by atoms with Crippen LogP contribution in [-0.2, 0) is 17.8 Å². The summed E-state index contributed by atoms with van der Waals surface area (Å²) >= 11 is 0. The van der Waals surface area contributed by atoms with Crippen LogP contribution in [0.3, 0.4) is 0 Å². The third kappa shape index (κ3) is 5.45. The van der Waals surface area contributed by atoms with E-state index in [4.69, 9.17) is 0 Å². The van der Waals surface area contributed by atoms with Gasteiger partial charge in [0, 0.05) is 25.6 Å². The summed E-state index contributed by atoms with van der Waals surface area (Å²) in [5, 5.41) is 0. The first kappa shape index (κ1) is 20.6. The number of likely N-dealkylation sites (N-methyl/N-ethyl adjacent to an activating group) is 1. The van der Waals surface area contributed by atoms with Crippen molar-refractivity contribution in [2.24, 2.45) is 5.92 Å². The third-order valence-corrected chi connectivity index (χ3v) is 6.14. The molecule has 0 N–H and O–H groups in total. The Kier molecular flexibility index (Phi) is 7.27. The lowest BCUT2D eigenvalue weighted by atomic mass is 9.93. The van der Waals surface area contributed by atoms with E-state index < -0.39 is 0 Å². The highest BCUT2D eigenvalue weighted by Gasteiger charge is 2.29. The van der Waals surface area contributed by atoms with Gasteiger partial charge in [-0.25, -0.2) is 0 Å². The van der Waals surface area contributed by atoms with Gasteiger partial charge in [-0.3, -0.25) is 9.69 Å². The Morgan fingerprint density at radius 1 is 1.04 bits per heavy atom. The number of nitrogens with zero attached hydrogens (tertiary/aromatic N) is 2. The van der Waals surface area contributed by atoms with Crippen LogP contribution in [0.1, 0.15) is 42.9 Å². The van der Waals surface area contributed by atoms with Gasteiger partial charge < -0.3 is 4.90 Å². The predicted octanol–water partition coefficient (Wildman–Crippen LogP) is 4.69. The number of aryl methyl sites for hydroxylation is 1. The molecule has 0 unspecified atom stereocenters. The Labute approximate surface area is 170 Å². The molecule has 1 saturated heterocycles. The van der Waals surface area contributed by atoms with Crippen LogP contribution < -0.4 is 0 Å². The Bertz CT molecular complexity index is 733. The average Bonchev–Trinajstić information content (AvgIpc) is 2.73. The number of hydrogen-bond donors (Lipinski definition) is 0. The van der Waals surface area contributed by atoms with Gasteiger partial charge >= 0.3 is 0 Å². The van der Waals surface area contributed by atoms with Gasteiger partial charge in [-0.2, -0.15) is 0 Å². The van der Waals surface area contributed by atoms with E-state index >= 15 is 0 Å². The van der Waals surface area contributed by atoms with Crippen LogP contribution in [0.25, 0.3) is 0 Å². The van der Waals surface area contributed by atoms with Crippen molar-refractivity contribution in [1.82, 2.24) is 9.80 Å². The van der Waals surface area contributed by atoms with Gasteiger partial charge in [-0.1, -0.05) is 67.1 Å². The normalized spacial score (nSPS) is 16.7. The number of hydrogen-bond acceptors (Lipinski definition) is 2. The molecule has 0 saturated carbocycles. The van der Waals surface area contributed by atoms with E-state index in [0.29, 0.717) is 5.91 Å². The molecule has 150 valence electrons. The molecule has 0 aliphatic carbocycles. The molecule has 3 rings (SSSR count). The Balaban J connectivity index is 1.52. The quantitative estimate of drug-likeness (QED) is 0.698. The van der Waals surface area contributed by atoms with Crippen molar-refractivity contribution >= 4 is 5.91 Å². The highest BCUT2D eigenvalue weighted by Crippen LogP contribution is 2.23. The second-order valence-corrected chi connectivity index (χ2v) is 8.24. The maximum atomic E-state index is 13.1. The number of piperidine rings is 1. The number of amides is 1. The molecule has 2 aromatic rings. The van der Waals surface area contributed by atoms with Crippen LogP contribution >= 0.6 is 0 Å². The van der Waals surface area contributed by atoms with Crippen LogP contribution in [0, 0.1) is 12.8 Å². The van der Waals surface area contributed by atoms with Gasteiger partial charge in [0.2, 0.25) is 5.91 Å². The molecule has 1 aliphatic rings. The lowest BCUT2D eigenvalue weighted by molar-refractivity contribution is -0.138. The number of carbonyl (C=O) groups excluding carboxylic acids is 1. The van der Waals surface area contributed by atoms with Crippen molar-refractivity contribution < 1.29 is 4.79 Å². The van der Waals surface area contributed by atoms with Crippen molar-refractivity contribution in [3.63, 3.8) is 0 Å². The topological polar surface area (TPSA) is 23.6 Å². The molecule has 3 nitrogen and oxygen atoms in total. The van der Waals surface area contributed by atoms with Crippen molar-refractivity contribution in [3.05, 3.63) is 71.3 Å². The monoisotopic (exact) mass is 378 g/mol. The molecule has 1 amide bonds. The standard InChI is InChI=1S/C25H34N2O/c1-4-24(18-21-12-10-20(2)11-13-21)26(3)25(28)23-14-16-27(17-15-23)19-22-8-6-5-7-9-22/h5-13,23-24H,4,14-19H2,1-3H3/t24-/m0/s1. The fourth-order valence-corrected chi connectivity index (χ4v) is 4.20. The lowest BCUT2D eigenvalue weighted by Gasteiger charge is -2.35. The fourth-order valence-electron chi connectivity index (χ4n) is 4.20. The SMILES string of the molecule is CC[C@@H](Cc1ccc(C)cc1)N(C)C(=O)C1CCN(Cc2ccccc2)CC1. The van der Waals surface area contributed by atoms with Gasteiger partial charge in [0.25, 0.3) is 0 Å². The summed E-state index contributed by atoms with van der Waals surface area (Å²) in [6.07, 6.45) is 3.86. The molecular formula is C25H34N2O. The van der Waals surface area contributed by atoms with E-state index in [9.17, 15) is 4.79 Å². The molecule has 0 spiro atoms. The molecule has 3 heteroatoms. The van der Waals surface area contributed by atoms with Gasteiger partial charge in [0.15, 0.2) is 0 Å². The maximum Gasteiger partial charge on any atom is 0.225 e. The summed E-state index contributed by atoms with van der Waals surface area (Å²) in [4.78, 5) is 17.6. The summed E-state index contributed by atoms with van der Waals surface area (Å²) in [7, 11) is 2.00. The molecule has 0 bridgehead atoms. The van der Waals surface area contributed by atoms with Crippen LogP contribution in [0.2, 0.25) is 0 Å². The van der Waals surface area contributed by atoms with Gasteiger partial charge in [0.1, 0.15) is 0 Å². The highest BCUT2D eigenvalue weighted by atomic mass is 16.2. The van der Waals surface area contributed by atoms with Crippen molar-refractivity contribution in [2.75, 3.05) is 20.1 Å². The van der Waals surface area contributed by atoms with E-state index in [-0.39, 0.29) is 12.0 Å². The van der Waals surface area contributed by atoms with Crippen LogP contribution in [-0.4, -0.2) is 41.9 Å². The van der Waals surface area contributed by atoms with Gasteiger partial charge in [-0.05, 0) is 56.8 Å². The first-order valence-electron chi connectivity index (χ1n) is 10.6. The largest absolute Gasteiger partial charge is 0.342 e. The zero-order chi connectivity index (χ0) is 19.9. The molecule has 0 radical (unpaired) electrons. The number of carbonyl (C=O) groups is 1. The predicted molar refractivity (Wildman–Crippen MR) is 116 cm³/mol. The van der Waals surface area contributed by atoms with Crippen molar-refractivity contribution in [3.8, 4) is 0 Å². The molecule has 1 aliphatic heterocycles. The Hall–Kier alpha value is -2.13. The summed E-state index contributed by atoms with van der Waals surface area (Å²) in [6.45, 7) is 7.30. The highest BCUT2D eigenvalue weighted by molar-refractivity contribution is 5.79. The molecule has 1 heterocycles. The summed E-state index contributed by atoms with van der Waals surface area (Å²) in [5.74, 6) is 0.502.